The molecule has 6 heteroatoms. The van der Waals surface area contributed by atoms with E-state index in [0.29, 0.717) is 17.0 Å². The summed E-state index contributed by atoms with van der Waals surface area (Å²) < 4.78 is 4.81. The maximum absolute atomic E-state index is 12.5. The Bertz CT molecular complexity index is 721. The number of ether oxygens (including phenoxy) is 1. The minimum atomic E-state index is -0.779. The van der Waals surface area contributed by atoms with Gasteiger partial charge in [-0.05, 0) is 30.0 Å². The Hall–Kier alpha value is -1.98. The molecule has 1 amide bonds. The van der Waals surface area contributed by atoms with Crippen molar-refractivity contribution < 1.29 is 14.3 Å². The van der Waals surface area contributed by atoms with Gasteiger partial charge in [0.1, 0.15) is 6.04 Å². The molecule has 126 valence electrons. The molecule has 2 rings (SSSR count). The minimum absolute atomic E-state index is 0.338. The normalized spacial score (nSPS) is 11.6. The number of thioether (sulfide) groups is 1. The van der Waals surface area contributed by atoms with Crippen LogP contribution < -0.4 is 5.32 Å². The molecule has 0 saturated heterocycles. The van der Waals surface area contributed by atoms with Crippen LogP contribution in [0.15, 0.2) is 53.4 Å². The van der Waals surface area contributed by atoms with Crippen molar-refractivity contribution in [2.45, 2.75) is 17.4 Å². The van der Waals surface area contributed by atoms with E-state index in [1.165, 1.54) is 18.9 Å². The quantitative estimate of drug-likeness (QED) is 0.629. The minimum Gasteiger partial charge on any atom is -0.467 e. The van der Waals surface area contributed by atoms with E-state index in [9.17, 15) is 9.59 Å². The Balaban J connectivity index is 2.20. The Kier molecular flexibility index (Phi) is 6.70. The van der Waals surface area contributed by atoms with Gasteiger partial charge in [-0.15, -0.1) is 11.8 Å². The molecular formula is C18H18ClNO3S. The first kappa shape index (κ1) is 18.4. The smallest absolute Gasteiger partial charge is 0.328 e. The number of amides is 1. The highest BCUT2D eigenvalue weighted by Crippen LogP contribution is 2.23. The number of hydrogen-bond acceptors (Lipinski definition) is 4. The van der Waals surface area contributed by atoms with Gasteiger partial charge in [-0.3, -0.25) is 4.79 Å². The van der Waals surface area contributed by atoms with E-state index >= 15 is 0 Å². The summed E-state index contributed by atoms with van der Waals surface area (Å²) in [6, 6.07) is 13.9. The number of carbonyl (C=O) groups excluding carboxylic acids is 2. The number of halogens is 1. The van der Waals surface area contributed by atoms with Crippen LogP contribution in [0.1, 0.15) is 15.9 Å². The van der Waals surface area contributed by atoms with Gasteiger partial charge in [0.15, 0.2) is 0 Å². The lowest BCUT2D eigenvalue weighted by Gasteiger charge is -2.17. The van der Waals surface area contributed by atoms with Gasteiger partial charge in [0.05, 0.1) is 17.7 Å². The largest absolute Gasteiger partial charge is 0.467 e. The lowest BCUT2D eigenvalue weighted by Crippen LogP contribution is -2.43. The third-order valence-corrected chi connectivity index (χ3v) is 4.55. The molecule has 4 nitrogen and oxygen atoms in total. The first-order chi connectivity index (χ1) is 11.5. The number of hydrogen-bond donors (Lipinski definition) is 1. The Morgan fingerprint density at radius 2 is 1.92 bits per heavy atom. The molecule has 0 aliphatic heterocycles. The Labute approximate surface area is 150 Å². The van der Waals surface area contributed by atoms with Crippen LogP contribution in [0.4, 0.5) is 0 Å². The van der Waals surface area contributed by atoms with Crippen LogP contribution in [0.5, 0.6) is 0 Å². The third kappa shape index (κ3) is 4.76. The molecular weight excluding hydrogens is 346 g/mol. The van der Waals surface area contributed by atoms with E-state index in [1.54, 1.807) is 12.1 Å². The molecule has 1 atom stereocenters. The van der Waals surface area contributed by atoms with Crippen molar-refractivity contribution in [3.05, 3.63) is 64.7 Å². The monoisotopic (exact) mass is 363 g/mol. The molecule has 0 aliphatic rings. The SMILES string of the molecule is COC(=O)[C@@H](Cc1ccccc1)NC(=O)c1cc(SC)ccc1Cl. The molecule has 0 bridgehead atoms. The number of rotatable bonds is 6. The topological polar surface area (TPSA) is 55.4 Å². The highest BCUT2D eigenvalue weighted by atomic mass is 35.5. The zero-order valence-electron chi connectivity index (χ0n) is 13.4. The molecule has 2 aromatic carbocycles. The van der Waals surface area contributed by atoms with Gasteiger partial charge >= 0.3 is 5.97 Å². The predicted octanol–water partition coefficient (Wildman–Crippen LogP) is 3.58. The predicted molar refractivity (Wildman–Crippen MR) is 96.6 cm³/mol. The van der Waals surface area contributed by atoms with Gasteiger partial charge in [0.2, 0.25) is 0 Å². The molecule has 0 saturated carbocycles. The van der Waals surface area contributed by atoms with Crippen molar-refractivity contribution in [2.24, 2.45) is 0 Å². The number of benzene rings is 2. The summed E-state index contributed by atoms with van der Waals surface area (Å²) in [5.74, 6) is -0.897. The van der Waals surface area contributed by atoms with Crippen molar-refractivity contribution in [3.63, 3.8) is 0 Å². The van der Waals surface area contributed by atoms with E-state index in [1.807, 2.05) is 42.7 Å². The summed E-state index contributed by atoms with van der Waals surface area (Å²) in [5, 5.41) is 3.06. The molecule has 0 fully saturated rings. The van der Waals surface area contributed by atoms with Crippen LogP contribution in [0.2, 0.25) is 5.02 Å². The molecule has 0 heterocycles. The van der Waals surface area contributed by atoms with Gasteiger partial charge in [-0.25, -0.2) is 4.79 Å². The third-order valence-electron chi connectivity index (χ3n) is 3.49. The number of esters is 1. The lowest BCUT2D eigenvalue weighted by atomic mass is 10.1. The number of nitrogens with one attached hydrogen (secondary N) is 1. The highest BCUT2D eigenvalue weighted by molar-refractivity contribution is 7.98. The van der Waals surface area contributed by atoms with E-state index in [-0.39, 0.29) is 0 Å². The first-order valence-electron chi connectivity index (χ1n) is 7.31. The average Bonchev–Trinajstić information content (AvgIpc) is 2.61. The van der Waals surface area contributed by atoms with Crippen LogP contribution >= 0.6 is 23.4 Å². The summed E-state index contributed by atoms with van der Waals surface area (Å²) in [5.41, 5.74) is 1.27. The van der Waals surface area contributed by atoms with Crippen LogP contribution in [0.25, 0.3) is 0 Å². The van der Waals surface area contributed by atoms with Crippen molar-refractivity contribution in [3.8, 4) is 0 Å². The summed E-state index contributed by atoms with van der Waals surface area (Å²) in [6.07, 6.45) is 2.26. The lowest BCUT2D eigenvalue weighted by molar-refractivity contribution is -0.142. The number of methoxy groups -OCH3 is 1. The first-order valence-corrected chi connectivity index (χ1v) is 8.91. The Morgan fingerprint density at radius 3 is 2.54 bits per heavy atom. The maximum Gasteiger partial charge on any atom is 0.328 e. The highest BCUT2D eigenvalue weighted by Gasteiger charge is 2.23. The van der Waals surface area contributed by atoms with Crippen LogP contribution in [-0.4, -0.2) is 31.3 Å². The van der Waals surface area contributed by atoms with Crippen molar-refractivity contribution >= 4 is 35.2 Å². The molecule has 1 N–H and O–H groups in total. The molecule has 0 aromatic heterocycles. The summed E-state index contributed by atoms with van der Waals surface area (Å²) in [7, 11) is 1.30. The summed E-state index contributed by atoms with van der Waals surface area (Å²) >= 11 is 7.63. The van der Waals surface area contributed by atoms with Gasteiger partial charge in [-0.2, -0.15) is 0 Å². The van der Waals surface area contributed by atoms with Crippen LogP contribution in [0.3, 0.4) is 0 Å². The van der Waals surface area contributed by atoms with Crippen molar-refractivity contribution in [1.82, 2.24) is 5.32 Å². The summed E-state index contributed by atoms with van der Waals surface area (Å²) in [6.45, 7) is 0. The van der Waals surface area contributed by atoms with Crippen LogP contribution in [0, 0.1) is 0 Å². The van der Waals surface area contributed by atoms with E-state index in [0.717, 1.165) is 10.5 Å². The molecule has 0 aliphatic carbocycles. The van der Waals surface area contributed by atoms with E-state index in [4.69, 9.17) is 16.3 Å². The second kappa shape index (κ2) is 8.76. The van der Waals surface area contributed by atoms with Crippen LogP contribution in [-0.2, 0) is 16.0 Å². The molecule has 0 spiro atoms. The van der Waals surface area contributed by atoms with Crippen molar-refractivity contribution in [1.29, 1.82) is 0 Å². The van der Waals surface area contributed by atoms with Gasteiger partial charge in [-0.1, -0.05) is 41.9 Å². The zero-order valence-corrected chi connectivity index (χ0v) is 15.0. The standard InChI is InChI=1S/C18H18ClNO3S/c1-23-18(22)16(10-12-6-4-3-5-7-12)20-17(21)14-11-13(24-2)8-9-15(14)19/h3-9,11,16H,10H2,1-2H3,(H,20,21)/t16-/m1/s1. The number of carbonyl (C=O) groups is 2. The van der Waals surface area contributed by atoms with E-state index in [2.05, 4.69) is 5.32 Å². The second-order valence-corrected chi connectivity index (χ2v) is 6.37. The molecule has 0 unspecified atom stereocenters. The molecule has 0 radical (unpaired) electrons. The van der Waals surface area contributed by atoms with Gasteiger partial charge in [0, 0.05) is 11.3 Å². The van der Waals surface area contributed by atoms with E-state index < -0.39 is 17.9 Å². The maximum atomic E-state index is 12.5. The van der Waals surface area contributed by atoms with Crippen molar-refractivity contribution in [2.75, 3.05) is 13.4 Å². The molecule has 2 aromatic rings. The molecule has 24 heavy (non-hydrogen) atoms. The van der Waals surface area contributed by atoms with Gasteiger partial charge in [0.25, 0.3) is 5.91 Å². The fraction of sp³-hybridized carbons (Fsp3) is 0.222. The zero-order chi connectivity index (χ0) is 17.5. The fourth-order valence-corrected chi connectivity index (χ4v) is 2.87. The second-order valence-electron chi connectivity index (χ2n) is 5.08. The Morgan fingerprint density at radius 1 is 1.21 bits per heavy atom. The fourth-order valence-electron chi connectivity index (χ4n) is 2.23. The summed E-state index contributed by atoms with van der Waals surface area (Å²) in [4.78, 5) is 25.5. The van der Waals surface area contributed by atoms with Gasteiger partial charge < -0.3 is 10.1 Å². The average molecular weight is 364 g/mol.